The Balaban J connectivity index is 2.48. The fraction of sp³-hybridized carbons (Fsp3) is 0.462. The lowest BCUT2D eigenvalue weighted by molar-refractivity contribution is 0.0747. The highest BCUT2D eigenvalue weighted by molar-refractivity contribution is 7.89. The molecule has 5 nitrogen and oxygen atoms in total. The standard InChI is InChI=1S/C13H17ClN2O3S/c1-8-6-10(7-11(12(8)14)20(15,18)19)13(17)16-5-3-4-9(16)2/h6-7,9H,3-5H2,1-2H3,(H2,15,18,19). The Hall–Kier alpha value is -1.11. The first-order valence-corrected chi connectivity index (χ1v) is 8.28. The van der Waals surface area contributed by atoms with Gasteiger partial charge in [0.1, 0.15) is 4.90 Å². The molecule has 0 saturated carbocycles. The number of rotatable bonds is 2. The predicted octanol–water partition coefficient (Wildman–Crippen LogP) is 1.92. The number of hydrogen-bond donors (Lipinski definition) is 1. The van der Waals surface area contributed by atoms with Crippen LogP contribution in [-0.4, -0.2) is 31.8 Å². The van der Waals surface area contributed by atoms with Crippen molar-refractivity contribution in [2.24, 2.45) is 5.14 Å². The van der Waals surface area contributed by atoms with Crippen LogP contribution in [0.4, 0.5) is 0 Å². The van der Waals surface area contributed by atoms with Gasteiger partial charge < -0.3 is 4.90 Å². The van der Waals surface area contributed by atoms with Gasteiger partial charge in [0.25, 0.3) is 5.91 Å². The molecule has 1 heterocycles. The molecule has 1 aromatic carbocycles. The van der Waals surface area contributed by atoms with E-state index in [0.29, 0.717) is 17.7 Å². The highest BCUT2D eigenvalue weighted by atomic mass is 35.5. The number of aryl methyl sites for hydroxylation is 1. The zero-order valence-corrected chi connectivity index (χ0v) is 13.0. The molecule has 7 heteroatoms. The van der Waals surface area contributed by atoms with Crippen LogP contribution < -0.4 is 5.14 Å². The summed E-state index contributed by atoms with van der Waals surface area (Å²) in [6.45, 7) is 4.32. The molecule has 1 atom stereocenters. The monoisotopic (exact) mass is 316 g/mol. The van der Waals surface area contributed by atoms with Crippen LogP contribution in [0, 0.1) is 6.92 Å². The average molecular weight is 317 g/mol. The van der Waals surface area contributed by atoms with Crippen LogP contribution in [0.5, 0.6) is 0 Å². The van der Waals surface area contributed by atoms with Gasteiger partial charge in [-0.25, -0.2) is 13.6 Å². The van der Waals surface area contributed by atoms with Crippen LogP contribution in [0.3, 0.4) is 0 Å². The molecule has 1 unspecified atom stereocenters. The number of amides is 1. The number of carbonyl (C=O) groups is 1. The topological polar surface area (TPSA) is 80.5 Å². The van der Waals surface area contributed by atoms with Crippen molar-refractivity contribution in [2.45, 2.75) is 37.6 Å². The predicted molar refractivity (Wildman–Crippen MR) is 77.3 cm³/mol. The molecule has 20 heavy (non-hydrogen) atoms. The molecule has 2 rings (SSSR count). The Morgan fingerprint density at radius 2 is 2.10 bits per heavy atom. The Bertz CT molecular complexity index is 658. The van der Waals surface area contributed by atoms with Crippen molar-refractivity contribution in [1.82, 2.24) is 4.90 Å². The molecule has 0 aliphatic carbocycles. The number of halogens is 1. The van der Waals surface area contributed by atoms with Gasteiger partial charge in [0.15, 0.2) is 0 Å². The Morgan fingerprint density at radius 3 is 2.60 bits per heavy atom. The SMILES string of the molecule is Cc1cc(C(=O)N2CCCC2C)cc(S(N)(=O)=O)c1Cl. The number of likely N-dealkylation sites (tertiary alicyclic amines) is 1. The fourth-order valence-electron chi connectivity index (χ4n) is 2.47. The fourth-order valence-corrected chi connectivity index (χ4v) is 3.60. The molecule has 110 valence electrons. The molecule has 1 aromatic rings. The van der Waals surface area contributed by atoms with Crippen LogP contribution in [0.2, 0.25) is 5.02 Å². The summed E-state index contributed by atoms with van der Waals surface area (Å²) >= 11 is 5.96. The normalized spacial score (nSPS) is 19.4. The number of hydrogen-bond acceptors (Lipinski definition) is 3. The molecule has 0 bridgehead atoms. The third kappa shape index (κ3) is 2.82. The van der Waals surface area contributed by atoms with Gasteiger partial charge in [0.2, 0.25) is 10.0 Å². The zero-order valence-electron chi connectivity index (χ0n) is 11.4. The van der Waals surface area contributed by atoms with Gasteiger partial charge in [0, 0.05) is 18.2 Å². The summed E-state index contributed by atoms with van der Waals surface area (Å²) in [5.74, 6) is -0.181. The van der Waals surface area contributed by atoms with Gasteiger partial charge in [-0.05, 0) is 44.4 Å². The van der Waals surface area contributed by atoms with Crippen molar-refractivity contribution < 1.29 is 13.2 Å². The van der Waals surface area contributed by atoms with E-state index >= 15 is 0 Å². The molecule has 0 spiro atoms. The van der Waals surface area contributed by atoms with E-state index in [0.717, 1.165) is 12.8 Å². The Kier molecular flexibility index (Phi) is 4.09. The van der Waals surface area contributed by atoms with Crippen molar-refractivity contribution in [2.75, 3.05) is 6.54 Å². The molecule has 1 amide bonds. The first-order chi connectivity index (χ1) is 9.21. The second-order valence-electron chi connectivity index (χ2n) is 5.14. The number of benzene rings is 1. The Labute approximate surface area is 123 Å². The molecule has 2 N–H and O–H groups in total. The largest absolute Gasteiger partial charge is 0.336 e. The number of primary sulfonamides is 1. The van der Waals surface area contributed by atoms with Crippen molar-refractivity contribution in [3.63, 3.8) is 0 Å². The lowest BCUT2D eigenvalue weighted by atomic mass is 10.1. The van der Waals surface area contributed by atoms with E-state index in [4.69, 9.17) is 16.7 Å². The Morgan fingerprint density at radius 1 is 1.45 bits per heavy atom. The van der Waals surface area contributed by atoms with Gasteiger partial charge >= 0.3 is 0 Å². The summed E-state index contributed by atoms with van der Waals surface area (Å²) in [7, 11) is -3.95. The van der Waals surface area contributed by atoms with Crippen LogP contribution in [-0.2, 0) is 10.0 Å². The smallest absolute Gasteiger partial charge is 0.254 e. The van der Waals surface area contributed by atoms with E-state index in [-0.39, 0.29) is 21.9 Å². The molecule has 0 radical (unpaired) electrons. The van der Waals surface area contributed by atoms with E-state index in [1.165, 1.54) is 6.07 Å². The second kappa shape index (κ2) is 5.35. The summed E-state index contributed by atoms with van der Waals surface area (Å²) in [4.78, 5) is 14.0. The average Bonchev–Trinajstić information content (AvgIpc) is 2.76. The lowest BCUT2D eigenvalue weighted by Gasteiger charge is -2.22. The first-order valence-electron chi connectivity index (χ1n) is 6.35. The van der Waals surface area contributed by atoms with Crippen molar-refractivity contribution in [3.8, 4) is 0 Å². The van der Waals surface area contributed by atoms with E-state index in [1.807, 2.05) is 6.92 Å². The summed E-state index contributed by atoms with van der Waals surface area (Å²) in [5.41, 5.74) is 0.832. The number of sulfonamides is 1. The van der Waals surface area contributed by atoms with Gasteiger partial charge in [-0.2, -0.15) is 0 Å². The van der Waals surface area contributed by atoms with Crippen LogP contribution in [0.15, 0.2) is 17.0 Å². The molecular formula is C13H17ClN2O3S. The number of nitrogens with two attached hydrogens (primary N) is 1. The highest BCUT2D eigenvalue weighted by Crippen LogP contribution is 2.28. The molecule has 1 aliphatic rings. The molecular weight excluding hydrogens is 300 g/mol. The minimum atomic E-state index is -3.95. The van der Waals surface area contributed by atoms with Crippen LogP contribution in [0.1, 0.15) is 35.7 Å². The second-order valence-corrected chi connectivity index (χ2v) is 7.05. The minimum Gasteiger partial charge on any atom is -0.336 e. The molecule has 1 fully saturated rings. The number of carbonyl (C=O) groups excluding carboxylic acids is 1. The minimum absolute atomic E-state index is 0.0681. The van der Waals surface area contributed by atoms with Crippen molar-refractivity contribution in [3.05, 3.63) is 28.3 Å². The summed E-state index contributed by atoms with van der Waals surface area (Å²) in [6.07, 6.45) is 1.92. The van der Waals surface area contributed by atoms with Crippen LogP contribution >= 0.6 is 11.6 Å². The van der Waals surface area contributed by atoms with Gasteiger partial charge in [-0.1, -0.05) is 11.6 Å². The first kappa shape index (κ1) is 15.3. The summed E-state index contributed by atoms with van der Waals surface area (Å²) in [5, 5.41) is 5.21. The third-order valence-electron chi connectivity index (χ3n) is 3.59. The van der Waals surface area contributed by atoms with Crippen molar-refractivity contribution >= 4 is 27.5 Å². The van der Waals surface area contributed by atoms with E-state index < -0.39 is 10.0 Å². The maximum Gasteiger partial charge on any atom is 0.254 e. The summed E-state index contributed by atoms with van der Waals surface area (Å²) in [6, 6.07) is 3.03. The third-order valence-corrected chi connectivity index (χ3v) is 5.14. The maximum atomic E-state index is 12.4. The molecule has 1 aliphatic heterocycles. The molecule has 0 aromatic heterocycles. The zero-order chi connectivity index (χ0) is 15.1. The quantitative estimate of drug-likeness (QED) is 0.905. The highest BCUT2D eigenvalue weighted by Gasteiger charge is 2.27. The van der Waals surface area contributed by atoms with Gasteiger partial charge in [-0.15, -0.1) is 0 Å². The van der Waals surface area contributed by atoms with E-state index in [9.17, 15) is 13.2 Å². The van der Waals surface area contributed by atoms with Crippen LogP contribution in [0.25, 0.3) is 0 Å². The van der Waals surface area contributed by atoms with Gasteiger partial charge in [0.05, 0.1) is 5.02 Å². The van der Waals surface area contributed by atoms with Crippen molar-refractivity contribution in [1.29, 1.82) is 0 Å². The van der Waals surface area contributed by atoms with E-state index in [1.54, 1.807) is 17.9 Å². The van der Waals surface area contributed by atoms with Gasteiger partial charge in [-0.3, -0.25) is 4.79 Å². The lowest BCUT2D eigenvalue weighted by Crippen LogP contribution is -2.33. The van der Waals surface area contributed by atoms with E-state index in [2.05, 4.69) is 0 Å². The summed E-state index contributed by atoms with van der Waals surface area (Å²) < 4.78 is 23.1. The maximum absolute atomic E-state index is 12.4. The molecule has 1 saturated heterocycles. The number of nitrogens with zero attached hydrogens (tertiary/aromatic N) is 1.